The highest BCUT2D eigenvalue weighted by atomic mass is 35.5. The molecule has 120 valence electrons. The number of halogens is 2. The molecule has 3 rings (SSSR count). The van der Waals surface area contributed by atoms with E-state index >= 15 is 0 Å². The Morgan fingerprint density at radius 2 is 2.26 bits per heavy atom. The molecule has 0 bridgehead atoms. The van der Waals surface area contributed by atoms with Crippen LogP contribution in [-0.4, -0.2) is 26.6 Å². The number of anilines is 2. The molecule has 1 aromatic heterocycles. The topological polar surface area (TPSA) is 88.9 Å². The van der Waals surface area contributed by atoms with Gasteiger partial charge in [0.1, 0.15) is 5.82 Å². The first-order chi connectivity index (χ1) is 10.9. The first-order valence-electron chi connectivity index (χ1n) is 6.90. The summed E-state index contributed by atoms with van der Waals surface area (Å²) in [6.07, 6.45) is 0.00697. The fourth-order valence-corrected chi connectivity index (χ4v) is 2.71. The Balaban J connectivity index is 1.68. The van der Waals surface area contributed by atoms with Gasteiger partial charge in [-0.3, -0.25) is 14.9 Å². The van der Waals surface area contributed by atoms with Crippen molar-refractivity contribution in [3.8, 4) is 0 Å². The fraction of sp³-hybridized carbons (Fsp3) is 0.286. The summed E-state index contributed by atoms with van der Waals surface area (Å²) >= 11 is 11.9. The largest absolute Gasteiger partial charge is 0.325 e. The highest BCUT2D eigenvalue weighted by Gasteiger charge is 2.30. The number of aromatic nitrogens is 3. The predicted molar refractivity (Wildman–Crippen MR) is 86.6 cm³/mol. The van der Waals surface area contributed by atoms with Gasteiger partial charge in [0.25, 0.3) is 0 Å². The van der Waals surface area contributed by atoms with Crippen LogP contribution in [0.3, 0.4) is 0 Å². The van der Waals surface area contributed by atoms with Gasteiger partial charge >= 0.3 is 0 Å². The number of amides is 2. The molecule has 0 unspecified atom stereocenters. The molecule has 0 saturated carbocycles. The zero-order chi connectivity index (χ0) is 16.6. The molecule has 2 amide bonds. The standard InChI is InChI=1S/C14H13Cl2N5O2/c1-7-17-14-19-13(23)8(6-21(14)20-7)5-11(22)18-10-4-2-3-9(15)12(10)16/h2-4,8H,5-6H2,1H3,(H,18,22)(H,17,19,20,23)/t8-/m0/s1. The van der Waals surface area contributed by atoms with E-state index in [0.29, 0.717) is 29.0 Å². The minimum atomic E-state index is -0.526. The Bertz CT molecular complexity index is 789. The predicted octanol–water partition coefficient (Wildman–Crippen LogP) is 2.49. The number of hydrogen-bond acceptors (Lipinski definition) is 4. The Hall–Kier alpha value is -2.12. The zero-order valence-corrected chi connectivity index (χ0v) is 13.6. The molecule has 0 aliphatic carbocycles. The highest BCUT2D eigenvalue weighted by molar-refractivity contribution is 6.44. The van der Waals surface area contributed by atoms with E-state index in [9.17, 15) is 9.59 Å². The fourth-order valence-electron chi connectivity index (χ4n) is 2.36. The number of aryl methyl sites for hydroxylation is 1. The second-order valence-electron chi connectivity index (χ2n) is 5.20. The number of carbonyl (C=O) groups excluding carboxylic acids is 2. The van der Waals surface area contributed by atoms with E-state index in [1.54, 1.807) is 29.8 Å². The van der Waals surface area contributed by atoms with E-state index in [0.717, 1.165) is 0 Å². The molecule has 0 spiro atoms. The van der Waals surface area contributed by atoms with Crippen LogP contribution >= 0.6 is 23.2 Å². The minimum absolute atomic E-state index is 0.00697. The molecule has 2 heterocycles. The van der Waals surface area contributed by atoms with Crippen molar-refractivity contribution in [3.05, 3.63) is 34.1 Å². The van der Waals surface area contributed by atoms with Gasteiger partial charge in [-0.25, -0.2) is 4.68 Å². The van der Waals surface area contributed by atoms with Crippen molar-refractivity contribution < 1.29 is 9.59 Å². The van der Waals surface area contributed by atoms with Crippen molar-refractivity contribution in [1.29, 1.82) is 0 Å². The molecule has 2 aromatic rings. The lowest BCUT2D eigenvalue weighted by Gasteiger charge is -2.21. The van der Waals surface area contributed by atoms with Crippen LogP contribution in [0.5, 0.6) is 0 Å². The van der Waals surface area contributed by atoms with Crippen molar-refractivity contribution in [3.63, 3.8) is 0 Å². The number of nitrogens with zero attached hydrogens (tertiary/aromatic N) is 3. The summed E-state index contributed by atoms with van der Waals surface area (Å²) in [7, 11) is 0. The van der Waals surface area contributed by atoms with Gasteiger partial charge in [-0.1, -0.05) is 29.3 Å². The lowest BCUT2D eigenvalue weighted by molar-refractivity contribution is -0.125. The third-order valence-corrected chi connectivity index (χ3v) is 4.25. The van der Waals surface area contributed by atoms with Crippen LogP contribution in [0.15, 0.2) is 18.2 Å². The summed E-state index contributed by atoms with van der Waals surface area (Å²) < 4.78 is 1.58. The van der Waals surface area contributed by atoms with E-state index in [1.807, 2.05) is 0 Å². The van der Waals surface area contributed by atoms with Gasteiger partial charge in [-0.15, -0.1) is 0 Å². The summed E-state index contributed by atoms with van der Waals surface area (Å²) in [5.74, 6) is -0.133. The molecule has 9 heteroatoms. The molecule has 1 atom stereocenters. The first kappa shape index (κ1) is 15.8. The van der Waals surface area contributed by atoms with Crippen LogP contribution in [0, 0.1) is 12.8 Å². The van der Waals surface area contributed by atoms with Gasteiger partial charge in [-0.05, 0) is 19.1 Å². The van der Waals surface area contributed by atoms with Crippen LogP contribution in [0.25, 0.3) is 0 Å². The molecule has 7 nitrogen and oxygen atoms in total. The van der Waals surface area contributed by atoms with Crippen molar-refractivity contribution >= 4 is 46.7 Å². The molecular formula is C14H13Cl2N5O2. The minimum Gasteiger partial charge on any atom is -0.325 e. The molecule has 0 saturated heterocycles. The quantitative estimate of drug-likeness (QED) is 0.886. The van der Waals surface area contributed by atoms with E-state index in [4.69, 9.17) is 23.2 Å². The number of rotatable bonds is 3. The van der Waals surface area contributed by atoms with Crippen LogP contribution in [0.4, 0.5) is 11.6 Å². The number of benzene rings is 1. The summed E-state index contributed by atoms with van der Waals surface area (Å²) in [5, 5.41) is 10.1. The maximum absolute atomic E-state index is 12.2. The molecule has 2 N–H and O–H groups in total. The first-order valence-corrected chi connectivity index (χ1v) is 7.66. The summed E-state index contributed by atoms with van der Waals surface area (Å²) in [5.41, 5.74) is 0.415. The second kappa shape index (κ2) is 6.17. The lowest BCUT2D eigenvalue weighted by Crippen LogP contribution is -2.36. The molecule has 0 fully saturated rings. The Morgan fingerprint density at radius 1 is 1.48 bits per heavy atom. The molecule has 0 radical (unpaired) electrons. The number of nitrogens with one attached hydrogen (secondary N) is 2. The smallest absolute Gasteiger partial charge is 0.232 e. The summed E-state index contributed by atoms with van der Waals surface area (Å²) in [6, 6.07) is 4.95. The highest BCUT2D eigenvalue weighted by Crippen LogP contribution is 2.30. The van der Waals surface area contributed by atoms with Gasteiger partial charge in [0.15, 0.2) is 0 Å². The molecule has 1 aliphatic rings. The monoisotopic (exact) mass is 353 g/mol. The SMILES string of the molecule is Cc1nc2n(n1)C[C@H](CC(=O)Nc1cccc(Cl)c1Cl)C(=O)N2. The van der Waals surface area contributed by atoms with Crippen molar-refractivity contribution in [2.45, 2.75) is 19.9 Å². The third kappa shape index (κ3) is 3.30. The van der Waals surface area contributed by atoms with E-state index in [-0.39, 0.29) is 23.3 Å². The van der Waals surface area contributed by atoms with Crippen LogP contribution in [0.1, 0.15) is 12.2 Å². The maximum atomic E-state index is 12.2. The van der Waals surface area contributed by atoms with Crippen molar-refractivity contribution in [2.24, 2.45) is 5.92 Å². The van der Waals surface area contributed by atoms with Crippen LogP contribution < -0.4 is 10.6 Å². The third-order valence-electron chi connectivity index (χ3n) is 3.43. The zero-order valence-electron chi connectivity index (χ0n) is 12.1. The number of hydrogen-bond donors (Lipinski definition) is 2. The Labute approximate surface area is 142 Å². The second-order valence-corrected chi connectivity index (χ2v) is 5.99. The van der Waals surface area contributed by atoms with Gasteiger partial charge < -0.3 is 5.32 Å². The molecule has 1 aliphatic heterocycles. The average Bonchev–Trinajstić information content (AvgIpc) is 2.83. The Kier molecular flexibility index (Phi) is 4.23. The summed E-state index contributed by atoms with van der Waals surface area (Å²) in [6.45, 7) is 2.04. The van der Waals surface area contributed by atoms with Gasteiger partial charge in [-0.2, -0.15) is 10.1 Å². The lowest BCUT2D eigenvalue weighted by atomic mass is 10.0. The molecule has 23 heavy (non-hydrogen) atoms. The number of carbonyl (C=O) groups is 2. The average molecular weight is 354 g/mol. The van der Waals surface area contributed by atoms with Crippen molar-refractivity contribution in [2.75, 3.05) is 10.6 Å². The van der Waals surface area contributed by atoms with Crippen LogP contribution in [0.2, 0.25) is 10.0 Å². The summed E-state index contributed by atoms with van der Waals surface area (Å²) in [4.78, 5) is 28.3. The van der Waals surface area contributed by atoms with Crippen molar-refractivity contribution in [1.82, 2.24) is 14.8 Å². The van der Waals surface area contributed by atoms with E-state index < -0.39 is 5.92 Å². The maximum Gasteiger partial charge on any atom is 0.232 e. The van der Waals surface area contributed by atoms with Gasteiger partial charge in [0.05, 0.1) is 28.2 Å². The number of fused-ring (bicyclic) bond motifs is 1. The van der Waals surface area contributed by atoms with E-state index in [1.165, 1.54) is 0 Å². The van der Waals surface area contributed by atoms with Gasteiger partial charge in [0.2, 0.25) is 17.8 Å². The Morgan fingerprint density at radius 3 is 3.04 bits per heavy atom. The van der Waals surface area contributed by atoms with Gasteiger partial charge in [0, 0.05) is 6.42 Å². The van der Waals surface area contributed by atoms with E-state index in [2.05, 4.69) is 20.7 Å². The molecular weight excluding hydrogens is 341 g/mol. The molecule has 1 aromatic carbocycles. The van der Waals surface area contributed by atoms with Crippen LogP contribution in [-0.2, 0) is 16.1 Å². The normalized spacial score (nSPS) is 16.7.